The van der Waals surface area contributed by atoms with Crippen molar-refractivity contribution in [2.75, 3.05) is 11.9 Å². The van der Waals surface area contributed by atoms with Crippen molar-refractivity contribution in [2.45, 2.75) is 27.7 Å². The minimum atomic E-state index is -1.09. The number of carbonyl (C=O) groups is 2. The Morgan fingerprint density at radius 2 is 1.78 bits per heavy atom. The first-order valence-corrected chi connectivity index (χ1v) is 8.13. The second kappa shape index (κ2) is 7.86. The van der Waals surface area contributed by atoms with Gasteiger partial charge in [-0.1, -0.05) is 0 Å². The second-order valence-electron chi connectivity index (χ2n) is 6.23. The summed E-state index contributed by atoms with van der Waals surface area (Å²) in [6, 6.07) is 6.37. The number of carbonyl (C=O) groups excluding carboxylic acids is 1. The summed E-state index contributed by atoms with van der Waals surface area (Å²) in [4.78, 5) is 34.1. The molecule has 27 heavy (non-hydrogen) atoms. The molecular weight excluding hydrogens is 352 g/mol. The van der Waals surface area contributed by atoms with Crippen molar-refractivity contribution in [1.82, 2.24) is 0 Å². The number of ether oxygens (including phenoxy) is 1. The van der Waals surface area contributed by atoms with Crippen LogP contribution in [0.4, 0.5) is 11.4 Å². The molecule has 2 aromatic rings. The monoisotopic (exact) mass is 372 g/mol. The number of carboxylic acid groups (broad SMARTS) is 1. The van der Waals surface area contributed by atoms with Gasteiger partial charge in [-0.2, -0.15) is 0 Å². The molecule has 8 heteroatoms. The lowest BCUT2D eigenvalue weighted by molar-refractivity contribution is -0.386. The Hall–Kier alpha value is -3.42. The van der Waals surface area contributed by atoms with E-state index in [9.17, 15) is 19.7 Å². The fourth-order valence-electron chi connectivity index (χ4n) is 3.00. The van der Waals surface area contributed by atoms with Crippen LogP contribution in [-0.2, 0) is 4.79 Å². The second-order valence-corrected chi connectivity index (χ2v) is 6.23. The van der Waals surface area contributed by atoms with Gasteiger partial charge in [0.1, 0.15) is 5.75 Å². The average Bonchev–Trinajstić information content (AvgIpc) is 2.54. The molecule has 0 heterocycles. The zero-order valence-corrected chi connectivity index (χ0v) is 15.5. The first-order valence-electron chi connectivity index (χ1n) is 8.13. The van der Waals surface area contributed by atoms with Crippen LogP contribution in [0.15, 0.2) is 24.3 Å². The van der Waals surface area contributed by atoms with E-state index in [0.29, 0.717) is 33.7 Å². The third kappa shape index (κ3) is 4.41. The molecule has 8 nitrogen and oxygen atoms in total. The lowest BCUT2D eigenvalue weighted by Gasteiger charge is -2.14. The number of rotatable bonds is 6. The molecule has 0 aliphatic carbocycles. The van der Waals surface area contributed by atoms with E-state index in [1.54, 1.807) is 52.0 Å². The predicted molar refractivity (Wildman–Crippen MR) is 99.6 cm³/mol. The van der Waals surface area contributed by atoms with Crippen molar-refractivity contribution in [1.29, 1.82) is 0 Å². The summed E-state index contributed by atoms with van der Waals surface area (Å²) in [6.45, 7) is 6.20. The van der Waals surface area contributed by atoms with Crippen molar-refractivity contribution < 1.29 is 24.4 Å². The van der Waals surface area contributed by atoms with Gasteiger partial charge in [-0.3, -0.25) is 14.9 Å². The number of benzene rings is 2. The molecule has 0 aromatic heterocycles. The summed E-state index contributed by atoms with van der Waals surface area (Å²) in [7, 11) is 0. The highest BCUT2D eigenvalue weighted by atomic mass is 16.6. The number of hydrogen-bond donors (Lipinski definition) is 2. The number of nitrogens with zero attached hydrogens (tertiary/aromatic N) is 1. The quantitative estimate of drug-likeness (QED) is 0.591. The van der Waals surface area contributed by atoms with Crippen LogP contribution in [0.3, 0.4) is 0 Å². The van der Waals surface area contributed by atoms with Gasteiger partial charge >= 0.3 is 5.97 Å². The SMILES string of the molecule is Cc1cc(OCC(=O)O)ccc1NC(=O)c1c(C)cc(C)c([N+](=O)[O-])c1C. The molecule has 0 saturated carbocycles. The van der Waals surface area contributed by atoms with E-state index in [1.807, 2.05) is 0 Å². The molecule has 2 rings (SSSR count). The van der Waals surface area contributed by atoms with Gasteiger partial charge < -0.3 is 15.2 Å². The number of nitro groups is 1. The number of nitrogens with one attached hydrogen (secondary N) is 1. The number of amides is 1. The van der Waals surface area contributed by atoms with Gasteiger partial charge in [0.15, 0.2) is 6.61 Å². The number of hydrogen-bond acceptors (Lipinski definition) is 5. The van der Waals surface area contributed by atoms with E-state index in [4.69, 9.17) is 9.84 Å². The van der Waals surface area contributed by atoms with Gasteiger partial charge in [0, 0.05) is 16.8 Å². The first-order chi connectivity index (χ1) is 12.6. The molecule has 142 valence electrons. The first kappa shape index (κ1) is 19.9. The molecule has 2 N–H and O–H groups in total. The van der Waals surface area contributed by atoms with Crippen molar-refractivity contribution in [3.63, 3.8) is 0 Å². The lowest BCUT2D eigenvalue weighted by atomic mass is 9.96. The zero-order chi connectivity index (χ0) is 20.3. The summed E-state index contributed by atoms with van der Waals surface area (Å²) in [5.74, 6) is -1.17. The van der Waals surface area contributed by atoms with E-state index in [-0.39, 0.29) is 11.3 Å². The average molecular weight is 372 g/mol. The van der Waals surface area contributed by atoms with Crippen LogP contribution in [0, 0.1) is 37.8 Å². The molecule has 0 aliphatic heterocycles. The van der Waals surface area contributed by atoms with Crippen molar-refractivity contribution in [2.24, 2.45) is 0 Å². The van der Waals surface area contributed by atoms with E-state index >= 15 is 0 Å². The van der Waals surface area contributed by atoms with Gasteiger partial charge in [0.25, 0.3) is 11.6 Å². The van der Waals surface area contributed by atoms with Gasteiger partial charge in [-0.05, 0) is 63.1 Å². The smallest absolute Gasteiger partial charge is 0.341 e. The van der Waals surface area contributed by atoms with E-state index in [1.165, 1.54) is 0 Å². The molecule has 0 bridgehead atoms. The minimum absolute atomic E-state index is 0.0695. The molecule has 0 fully saturated rings. The Labute approximate surface area is 155 Å². The van der Waals surface area contributed by atoms with Crippen molar-refractivity contribution in [3.05, 3.63) is 62.2 Å². The van der Waals surface area contributed by atoms with Gasteiger partial charge in [0.2, 0.25) is 0 Å². The largest absolute Gasteiger partial charge is 0.482 e. The number of carboxylic acids is 1. The normalized spacial score (nSPS) is 10.4. The number of aryl methyl sites for hydroxylation is 3. The third-order valence-electron chi connectivity index (χ3n) is 4.15. The maximum atomic E-state index is 12.8. The third-order valence-corrected chi connectivity index (χ3v) is 4.15. The molecule has 0 spiro atoms. The molecular formula is C19H20N2O6. The summed E-state index contributed by atoms with van der Waals surface area (Å²) >= 11 is 0. The molecule has 0 radical (unpaired) electrons. The summed E-state index contributed by atoms with van der Waals surface area (Å²) in [5.41, 5.74) is 2.83. The standard InChI is InChI=1S/C19H20N2O6/c1-10-8-14(27-9-16(22)23)5-6-15(10)20-19(24)17-11(2)7-12(3)18(13(17)4)21(25)26/h5-8H,9H2,1-4H3,(H,20,24)(H,22,23). The Bertz CT molecular complexity index is 936. The zero-order valence-electron chi connectivity index (χ0n) is 15.5. The lowest BCUT2D eigenvalue weighted by Crippen LogP contribution is -2.17. The number of anilines is 1. The highest BCUT2D eigenvalue weighted by Crippen LogP contribution is 2.30. The Morgan fingerprint density at radius 1 is 1.11 bits per heavy atom. The maximum absolute atomic E-state index is 12.8. The van der Waals surface area contributed by atoms with Crippen LogP contribution >= 0.6 is 0 Å². The molecule has 0 saturated heterocycles. The topological polar surface area (TPSA) is 119 Å². The van der Waals surface area contributed by atoms with E-state index in [0.717, 1.165) is 0 Å². The van der Waals surface area contributed by atoms with Crippen molar-refractivity contribution in [3.8, 4) is 5.75 Å². The predicted octanol–water partition coefficient (Wildman–Crippen LogP) is 3.54. The van der Waals surface area contributed by atoms with Crippen LogP contribution < -0.4 is 10.1 Å². The Balaban J connectivity index is 2.31. The van der Waals surface area contributed by atoms with Crippen molar-refractivity contribution >= 4 is 23.3 Å². The van der Waals surface area contributed by atoms with Crippen LogP contribution in [-0.4, -0.2) is 28.5 Å². The van der Waals surface area contributed by atoms with Crippen LogP contribution in [0.2, 0.25) is 0 Å². The molecule has 0 aliphatic rings. The minimum Gasteiger partial charge on any atom is -0.482 e. The van der Waals surface area contributed by atoms with Gasteiger partial charge in [-0.15, -0.1) is 0 Å². The molecule has 0 unspecified atom stereocenters. The highest BCUT2D eigenvalue weighted by Gasteiger charge is 2.24. The van der Waals surface area contributed by atoms with Crippen LogP contribution in [0.25, 0.3) is 0 Å². The maximum Gasteiger partial charge on any atom is 0.341 e. The Morgan fingerprint density at radius 3 is 2.33 bits per heavy atom. The van der Waals surface area contributed by atoms with E-state index < -0.39 is 23.4 Å². The summed E-state index contributed by atoms with van der Waals surface area (Å²) < 4.78 is 5.10. The van der Waals surface area contributed by atoms with Gasteiger partial charge in [-0.25, -0.2) is 4.79 Å². The van der Waals surface area contributed by atoms with Crippen LogP contribution in [0.5, 0.6) is 5.75 Å². The summed E-state index contributed by atoms with van der Waals surface area (Å²) in [5, 5.41) is 22.7. The highest BCUT2D eigenvalue weighted by molar-refractivity contribution is 6.07. The number of aliphatic carboxylic acids is 1. The van der Waals surface area contributed by atoms with Crippen LogP contribution in [0.1, 0.15) is 32.6 Å². The fraction of sp³-hybridized carbons (Fsp3) is 0.263. The Kier molecular flexibility index (Phi) is 5.79. The molecule has 0 atom stereocenters. The molecule has 2 aromatic carbocycles. The van der Waals surface area contributed by atoms with E-state index in [2.05, 4.69) is 5.32 Å². The van der Waals surface area contributed by atoms with Gasteiger partial charge in [0.05, 0.1) is 10.5 Å². The summed E-state index contributed by atoms with van der Waals surface area (Å²) in [6.07, 6.45) is 0. The molecule has 1 amide bonds. The fourth-order valence-corrected chi connectivity index (χ4v) is 3.00. The number of nitro benzene ring substituents is 1.